The highest BCUT2D eigenvalue weighted by Crippen LogP contribution is 2.16. The van der Waals surface area contributed by atoms with Gasteiger partial charge in [0.25, 0.3) is 0 Å². The highest BCUT2D eigenvalue weighted by molar-refractivity contribution is 5.80. The van der Waals surface area contributed by atoms with Crippen LogP contribution in [-0.2, 0) is 0 Å². The summed E-state index contributed by atoms with van der Waals surface area (Å²) < 4.78 is 0. The fourth-order valence-corrected chi connectivity index (χ4v) is 1.19. The highest BCUT2D eigenvalue weighted by atomic mass is 16.3. The third-order valence-corrected chi connectivity index (χ3v) is 2.04. The summed E-state index contributed by atoms with van der Waals surface area (Å²) in [5, 5.41) is 9.16. The molecule has 3 heteroatoms. The van der Waals surface area contributed by atoms with Crippen molar-refractivity contribution in [3.05, 3.63) is 35.9 Å². The van der Waals surface area contributed by atoms with E-state index in [1.807, 2.05) is 37.3 Å². The van der Waals surface area contributed by atoms with Crippen molar-refractivity contribution in [3.63, 3.8) is 0 Å². The average Bonchev–Trinajstić information content (AvgIpc) is 2.26. The fraction of sp³-hybridized carbons (Fsp3) is 0.364. The largest absolute Gasteiger partial charge is 0.394 e. The predicted molar refractivity (Wildman–Crippen MR) is 58.2 cm³/mol. The SMILES string of the molecule is CCC(N)=N[C@@H](CO)c1ccccc1. The maximum absolute atomic E-state index is 9.16. The summed E-state index contributed by atoms with van der Waals surface area (Å²) in [6.45, 7) is 1.93. The van der Waals surface area contributed by atoms with E-state index in [1.54, 1.807) is 0 Å². The van der Waals surface area contributed by atoms with Crippen LogP contribution in [0, 0.1) is 0 Å². The first-order valence-corrected chi connectivity index (χ1v) is 4.75. The number of hydrogen-bond acceptors (Lipinski definition) is 2. The molecular formula is C11H16N2O. The van der Waals surface area contributed by atoms with E-state index in [0.29, 0.717) is 12.3 Å². The second-order valence-corrected chi connectivity index (χ2v) is 3.08. The van der Waals surface area contributed by atoms with Gasteiger partial charge in [0.2, 0.25) is 0 Å². The molecule has 0 fully saturated rings. The number of aliphatic hydroxyl groups excluding tert-OH is 1. The second-order valence-electron chi connectivity index (χ2n) is 3.08. The Hall–Kier alpha value is -1.35. The maximum Gasteiger partial charge on any atom is 0.0999 e. The van der Waals surface area contributed by atoms with Gasteiger partial charge in [-0.25, -0.2) is 0 Å². The lowest BCUT2D eigenvalue weighted by Gasteiger charge is -2.10. The molecule has 3 N–H and O–H groups in total. The van der Waals surface area contributed by atoms with Crippen LogP contribution in [0.1, 0.15) is 24.9 Å². The normalized spacial score (nSPS) is 14.0. The van der Waals surface area contributed by atoms with Gasteiger partial charge in [0.15, 0.2) is 0 Å². The Labute approximate surface area is 84.3 Å². The summed E-state index contributed by atoms with van der Waals surface area (Å²) in [5.74, 6) is 0.577. The van der Waals surface area contributed by atoms with Crippen molar-refractivity contribution < 1.29 is 5.11 Å². The molecule has 0 bridgehead atoms. The molecule has 1 aromatic rings. The topological polar surface area (TPSA) is 58.6 Å². The van der Waals surface area contributed by atoms with Gasteiger partial charge in [-0.05, 0) is 5.56 Å². The number of nitrogens with zero attached hydrogens (tertiary/aromatic N) is 1. The minimum absolute atomic E-state index is 0.00921. The molecule has 0 heterocycles. The molecule has 1 aromatic carbocycles. The summed E-state index contributed by atoms with van der Waals surface area (Å²) in [6, 6.07) is 9.44. The molecular weight excluding hydrogens is 176 g/mol. The van der Waals surface area contributed by atoms with Crippen LogP contribution < -0.4 is 5.73 Å². The van der Waals surface area contributed by atoms with Crippen LogP contribution in [0.25, 0.3) is 0 Å². The zero-order valence-electron chi connectivity index (χ0n) is 8.35. The van der Waals surface area contributed by atoms with Crippen LogP contribution >= 0.6 is 0 Å². The van der Waals surface area contributed by atoms with Gasteiger partial charge in [-0.2, -0.15) is 0 Å². The summed E-state index contributed by atoms with van der Waals surface area (Å²) >= 11 is 0. The molecule has 0 radical (unpaired) electrons. The third-order valence-electron chi connectivity index (χ3n) is 2.04. The van der Waals surface area contributed by atoms with Crippen molar-refractivity contribution in [3.8, 4) is 0 Å². The maximum atomic E-state index is 9.16. The minimum atomic E-state index is -0.226. The first-order valence-electron chi connectivity index (χ1n) is 4.75. The van der Waals surface area contributed by atoms with Crippen molar-refractivity contribution in [2.24, 2.45) is 10.7 Å². The minimum Gasteiger partial charge on any atom is -0.394 e. The van der Waals surface area contributed by atoms with E-state index in [9.17, 15) is 0 Å². The Balaban J connectivity index is 2.83. The zero-order valence-corrected chi connectivity index (χ0v) is 8.35. The molecule has 0 spiro atoms. The summed E-state index contributed by atoms with van der Waals surface area (Å²) in [5.41, 5.74) is 6.62. The number of nitrogens with two attached hydrogens (primary N) is 1. The van der Waals surface area contributed by atoms with E-state index in [1.165, 1.54) is 0 Å². The standard InChI is InChI=1S/C11H16N2O/c1-2-11(12)13-10(8-14)9-6-4-3-5-7-9/h3-7,10,14H,2,8H2,1H3,(H2,12,13)/t10-/m0/s1. The number of rotatable bonds is 4. The number of benzene rings is 1. The van der Waals surface area contributed by atoms with Gasteiger partial charge < -0.3 is 10.8 Å². The third kappa shape index (κ3) is 2.85. The van der Waals surface area contributed by atoms with Gasteiger partial charge in [0.05, 0.1) is 18.5 Å². The van der Waals surface area contributed by atoms with Gasteiger partial charge >= 0.3 is 0 Å². The molecule has 0 amide bonds. The van der Waals surface area contributed by atoms with E-state index in [-0.39, 0.29) is 12.6 Å². The lowest BCUT2D eigenvalue weighted by atomic mass is 10.1. The van der Waals surface area contributed by atoms with Crippen molar-refractivity contribution in [1.29, 1.82) is 0 Å². The van der Waals surface area contributed by atoms with Gasteiger partial charge in [-0.3, -0.25) is 4.99 Å². The number of aliphatic imine (C=N–C) groups is 1. The zero-order chi connectivity index (χ0) is 10.4. The Morgan fingerprint density at radius 1 is 1.43 bits per heavy atom. The molecule has 0 aliphatic rings. The smallest absolute Gasteiger partial charge is 0.0999 e. The molecule has 14 heavy (non-hydrogen) atoms. The van der Waals surface area contributed by atoms with E-state index >= 15 is 0 Å². The predicted octanol–water partition coefficient (Wildman–Crippen LogP) is 1.49. The fourth-order valence-electron chi connectivity index (χ4n) is 1.19. The second kappa shape index (κ2) is 5.40. The number of aliphatic hydroxyl groups is 1. The molecule has 76 valence electrons. The van der Waals surface area contributed by atoms with Crippen LogP contribution in [0.5, 0.6) is 0 Å². The van der Waals surface area contributed by atoms with Crippen LogP contribution in [0.2, 0.25) is 0 Å². The Kier molecular flexibility index (Phi) is 4.13. The van der Waals surface area contributed by atoms with Crippen molar-refractivity contribution in [2.75, 3.05) is 6.61 Å². The van der Waals surface area contributed by atoms with E-state index in [0.717, 1.165) is 5.56 Å². The molecule has 0 saturated carbocycles. The number of hydrogen-bond donors (Lipinski definition) is 2. The van der Waals surface area contributed by atoms with Crippen molar-refractivity contribution in [2.45, 2.75) is 19.4 Å². The summed E-state index contributed by atoms with van der Waals surface area (Å²) in [4.78, 5) is 4.23. The summed E-state index contributed by atoms with van der Waals surface area (Å²) in [7, 11) is 0. The van der Waals surface area contributed by atoms with Gasteiger partial charge in [-0.15, -0.1) is 0 Å². The Bertz CT molecular complexity index is 295. The Morgan fingerprint density at radius 3 is 2.57 bits per heavy atom. The van der Waals surface area contributed by atoms with Crippen molar-refractivity contribution in [1.82, 2.24) is 0 Å². The monoisotopic (exact) mass is 192 g/mol. The van der Waals surface area contributed by atoms with Crippen LogP contribution in [0.3, 0.4) is 0 Å². The Morgan fingerprint density at radius 2 is 2.07 bits per heavy atom. The van der Waals surface area contributed by atoms with Gasteiger partial charge in [0, 0.05) is 6.42 Å². The number of amidine groups is 1. The first kappa shape index (κ1) is 10.7. The van der Waals surface area contributed by atoms with E-state index in [2.05, 4.69) is 4.99 Å². The van der Waals surface area contributed by atoms with E-state index < -0.39 is 0 Å². The molecule has 1 rings (SSSR count). The van der Waals surface area contributed by atoms with E-state index in [4.69, 9.17) is 10.8 Å². The molecule has 0 aliphatic heterocycles. The molecule has 0 unspecified atom stereocenters. The molecule has 3 nitrogen and oxygen atoms in total. The van der Waals surface area contributed by atoms with Gasteiger partial charge in [0.1, 0.15) is 0 Å². The molecule has 0 aliphatic carbocycles. The quantitative estimate of drug-likeness (QED) is 0.561. The summed E-state index contributed by atoms with van der Waals surface area (Å²) in [6.07, 6.45) is 0.712. The lowest BCUT2D eigenvalue weighted by molar-refractivity contribution is 0.268. The van der Waals surface area contributed by atoms with Crippen molar-refractivity contribution >= 4 is 5.84 Å². The lowest BCUT2D eigenvalue weighted by Crippen LogP contribution is -2.13. The highest BCUT2D eigenvalue weighted by Gasteiger charge is 2.07. The molecule has 1 atom stereocenters. The first-order chi connectivity index (χ1) is 6.77. The molecule has 0 aromatic heterocycles. The average molecular weight is 192 g/mol. The van der Waals surface area contributed by atoms with Crippen LogP contribution in [0.4, 0.5) is 0 Å². The van der Waals surface area contributed by atoms with Crippen LogP contribution in [0.15, 0.2) is 35.3 Å². The van der Waals surface area contributed by atoms with Gasteiger partial charge in [-0.1, -0.05) is 37.3 Å². The molecule has 0 saturated heterocycles. The van der Waals surface area contributed by atoms with Crippen LogP contribution in [-0.4, -0.2) is 17.5 Å².